The Morgan fingerprint density at radius 1 is 1.55 bits per heavy atom. The van der Waals surface area contributed by atoms with E-state index in [2.05, 4.69) is 20.7 Å². The maximum Gasteiger partial charge on any atom is 0.354 e. The van der Waals surface area contributed by atoms with Gasteiger partial charge in [0.15, 0.2) is 0 Å². The fraction of sp³-hybridized carbons (Fsp3) is 0.500. The van der Waals surface area contributed by atoms with E-state index in [1.807, 2.05) is 6.92 Å². The number of carbonyl (C=O) groups is 1. The first-order valence-electron chi connectivity index (χ1n) is 5.89. The van der Waals surface area contributed by atoms with Crippen LogP contribution in [0, 0.1) is 10.1 Å². The number of nitrogens with two attached hydrogens (primary N) is 1. The van der Waals surface area contributed by atoms with Gasteiger partial charge in [0.25, 0.3) is 0 Å². The van der Waals surface area contributed by atoms with Crippen LogP contribution in [0.15, 0.2) is 6.33 Å². The highest BCUT2D eigenvalue weighted by atomic mass is 16.6. The first-order valence-corrected chi connectivity index (χ1v) is 5.89. The molecular formula is C10H17N7O3. The molecule has 110 valence electrons. The first-order chi connectivity index (χ1) is 9.42. The van der Waals surface area contributed by atoms with Crippen molar-refractivity contribution in [2.45, 2.75) is 19.9 Å². The number of aromatic nitrogens is 2. The Balaban J connectivity index is 3.03. The fourth-order valence-electron chi connectivity index (χ4n) is 1.52. The van der Waals surface area contributed by atoms with E-state index in [1.54, 1.807) is 14.0 Å². The van der Waals surface area contributed by atoms with Crippen molar-refractivity contribution in [1.29, 1.82) is 0 Å². The number of amides is 1. The van der Waals surface area contributed by atoms with E-state index >= 15 is 0 Å². The summed E-state index contributed by atoms with van der Waals surface area (Å²) in [4.78, 5) is 31.2. The van der Waals surface area contributed by atoms with E-state index in [9.17, 15) is 14.9 Å². The van der Waals surface area contributed by atoms with Gasteiger partial charge in [-0.25, -0.2) is 15.8 Å². The lowest BCUT2D eigenvalue weighted by Gasteiger charge is -2.20. The molecule has 1 amide bonds. The summed E-state index contributed by atoms with van der Waals surface area (Å²) in [5.74, 6) is 4.77. The van der Waals surface area contributed by atoms with Crippen LogP contribution in [0.3, 0.4) is 0 Å². The average molecular weight is 283 g/mol. The second-order valence-corrected chi connectivity index (χ2v) is 4.04. The van der Waals surface area contributed by atoms with Gasteiger partial charge in [0.2, 0.25) is 17.5 Å². The highest BCUT2D eigenvalue weighted by Gasteiger charge is 2.26. The van der Waals surface area contributed by atoms with Crippen LogP contribution in [-0.4, -0.2) is 45.3 Å². The third-order valence-electron chi connectivity index (χ3n) is 2.72. The normalized spacial score (nSPS) is 11.6. The van der Waals surface area contributed by atoms with Gasteiger partial charge in [-0.15, -0.1) is 0 Å². The molecule has 0 radical (unpaired) electrons. The number of nitrogen functional groups attached to an aromatic ring is 1. The topological polar surface area (TPSA) is 139 Å². The molecule has 0 saturated heterocycles. The smallest absolute Gasteiger partial charge is 0.353 e. The van der Waals surface area contributed by atoms with Gasteiger partial charge in [-0.3, -0.25) is 14.9 Å². The lowest BCUT2D eigenvalue weighted by atomic mass is 10.3. The standard InChI is InChI=1S/C10H17N7O3/c1-4-16(3)10(18)6(2)14-8-7(17(19)20)9(15-11)13-5-12-8/h5-6H,4,11H2,1-3H3,(H2,12,13,14,15). The quantitative estimate of drug-likeness (QED) is 0.375. The number of nitrogens with zero attached hydrogens (tertiary/aromatic N) is 4. The lowest BCUT2D eigenvalue weighted by molar-refractivity contribution is -0.383. The summed E-state index contributed by atoms with van der Waals surface area (Å²) in [5.41, 5.74) is 1.72. The van der Waals surface area contributed by atoms with Gasteiger partial charge in [0.1, 0.15) is 12.4 Å². The predicted octanol–water partition coefficient (Wildman–Crippen LogP) is -0.0509. The molecule has 1 heterocycles. The monoisotopic (exact) mass is 283 g/mol. The molecule has 0 bridgehead atoms. The molecular weight excluding hydrogens is 266 g/mol. The van der Waals surface area contributed by atoms with E-state index < -0.39 is 16.7 Å². The molecule has 10 nitrogen and oxygen atoms in total. The van der Waals surface area contributed by atoms with Crippen molar-refractivity contribution < 1.29 is 9.72 Å². The van der Waals surface area contributed by atoms with E-state index in [4.69, 9.17) is 5.84 Å². The molecule has 1 rings (SSSR count). The summed E-state index contributed by atoms with van der Waals surface area (Å²) in [6.07, 6.45) is 1.12. The van der Waals surface area contributed by atoms with Crippen molar-refractivity contribution in [3.05, 3.63) is 16.4 Å². The molecule has 0 saturated carbocycles. The molecule has 0 aromatic carbocycles. The average Bonchev–Trinajstić information content (AvgIpc) is 2.44. The van der Waals surface area contributed by atoms with Crippen LogP contribution in [-0.2, 0) is 4.79 Å². The minimum Gasteiger partial charge on any atom is -0.353 e. The van der Waals surface area contributed by atoms with Crippen molar-refractivity contribution in [2.75, 3.05) is 24.3 Å². The molecule has 0 aliphatic heterocycles. The summed E-state index contributed by atoms with van der Waals surface area (Å²) in [7, 11) is 1.64. The summed E-state index contributed by atoms with van der Waals surface area (Å²) in [5, 5.41) is 13.7. The summed E-state index contributed by atoms with van der Waals surface area (Å²) in [6.45, 7) is 3.95. The highest BCUT2D eigenvalue weighted by Crippen LogP contribution is 2.28. The third-order valence-corrected chi connectivity index (χ3v) is 2.72. The van der Waals surface area contributed by atoms with Crippen LogP contribution < -0.4 is 16.6 Å². The van der Waals surface area contributed by atoms with Gasteiger partial charge in [-0.05, 0) is 13.8 Å². The van der Waals surface area contributed by atoms with Gasteiger partial charge < -0.3 is 15.6 Å². The second kappa shape index (κ2) is 6.61. The van der Waals surface area contributed by atoms with Crippen LogP contribution in [0.4, 0.5) is 17.3 Å². The second-order valence-electron chi connectivity index (χ2n) is 4.04. The van der Waals surface area contributed by atoms with Gasteiger partial charge in [-0.2, -0.15) is 0 Å². The Kier molecular flexibility index (Phi) is 5.15. The third kappa shape index (κ3) is 3.29. The number of nitro groups is 1. The van der Waals surface area contributed by atoms with E-state index in [1.165, 1.54) is 4.90 Å². The lowest BCUT2D eigenvalue weighted by Crippen LogP contribution is -2.39. The van der Waals surface area contributed by atoms with Crippen LogP contribution in [0.2, 0.25) is 0 Å². The molecule has 10 heteroatoms. The predicted molar refractivity (Wildman–Crippen MR) is 72.9 cm³/mol. The van der Waals surface area contributed by atoms with Gasteiger partial charge >= 0.3 is 5.69 Å². The first kappa shape index (κ1) is 15.6. The maximum absolute atomic E-state index is 11.9. The summed E-state index contributed by atoms with van der Waals surface area (Å²) >= 11 is 0. The number of hydrogen-bond acceptors (Lipinski definition) is 8. The molecule has 0 aliphatic rings. The van der Waals surface area contributed by atoms with Crippen molar-refractivity contribution in [3.8, 4) is 0 Å². The van der Waals surface area contributed by atoms with Crippen LogP contribution in [0.25, 0.3) is 0 Å². The number of likely N-dealkylation sites (N-methyl/N-ethyl adjacent to an activating group) is 1. The van der Waals surface area contributed by atoms with Crippen LogP contribution >= 0.6 is 0 Å². The summed E-state index contributed by atoms with van der Waals surface area (Å²) < 4.78 is 0. The Hall–Kier alpha value is -2.49. The Morgan fingerprint density at radius 2 is 2.15 bits per heavy atom. The largest absolute Gasteiger partial charge is 0.354 e. The molecule has 0 spiro atoms. The minimum absolute atomic E-state index is 0.0664. The van der Waals surface area contributed by atoms with Gasteiger partial charge in [-0.1, -0.05) is 0 Å². The minimum atomic E-state index is -0.668. The zero-order valence-electron chi connectivity index (χ0n) is 11.5. The van der Waals surface area contributed by atoms with Crippen molar-refractivity contribution in [2.24, 2.45) is 5.84 Å². The van der Waals surface area contributed by atoms with Crippen molar-refractivity contribution >= 4 is 23.2 Å². The van der Waals surface area contributed by atoms with Crippen molar-refractivity contribution in [1.82, 2.24) is 14.9 Å². The molecule has 20 heavy (non-hydrogen) atoms. The SMILES string of the molecule is CCN(C)C(=O)C(C)Nc1ncnc(NN)c1[N+](=O)[O-]. The Bertz CT molecular complexity index is 508. The maximum atomic E-state index is 11.9. The number of rotatable bonds is 6. The molecule has 1 unspecified atom stereocenters. The Morgan fingerprint density at radius 3 is 2.65 bits per heavy atom. The fourth-order valence-corrected chi connectivity index (χ4v) is 1.52. The van der Waals surface area contributed by atoms with E-state index in [-0.39, 0.29) is 17.5 Å². The molecule has 1 aromatic heterocycles. The molecule has 4 N–H and O–H groups in total. The molecule has 0 fully saturated rings. The number of carbonyl (C=O) groups excluding carboxylic acids is 1. The summed E-state index contributed by atoms with van der Waals surface area (Å²) in [6, 6.07) is -0.667. The zero-order valence-corrected chi connectivity index (χ0v) is 11.5. The Labute approximate surface area is 115 Å². The van der Waals surface area contributed by atoms with Gasteiger partial charge in [0.05, 0.1) is 4.92 Å². The van der Waals surface area contributed by atoms with Crippen molar-refractivity contribution in [3.63, 3.8) is 0 Å². The van der Waals surface area contributed by atoms with E-state index in [0.717, 1.165) is 6.33 Å². The number of anilines is 2. The number of hydrazine groups is 1. The zero-order chi connectivity index (χ0) is 15.3. The molecule has 1 atom stereocenters. The molecule has 1 aromatic rings. The van der Waals surface area contributed by atoms with E-state index in [0.29, 0.717) is 6.54 Å². The van der Waals surface area contributed by atoms with Crippen LogP contribution in [0.5, 0.6) is 0 Å². The van der Waals surface area contributed by atoms with Gasteiger partial charge in [0, 0.05) is 13.6 Å². The molecule has 0 aliphatic carbocycles. The highest BCUT2D eigenvalue weighted by molar-refractivity contribution is 5.85. The number of hydrogen-bond donors (Lipinski definition) is 3. The van der Waals surface area contributed by atoms with Crippen LogP contribution in [0.1, 0.15) is 13.8 Å². The number of nitrogens with one attached hydrogen (secondary N) is 2.